The van der Waals surface area contributed by atoms with Crippen LogP contribution < -0.4 is 14.8 Å². The summed E-state index contributed by atoms with van der Waals surface area (Å²) in [6, 6.07) is 12.3. The zero-order valence-corrected chi connectivity index (χ0v) is 13.8. The second-order valence-electron chi connectivity index (χ2n) is 4.93. The molecule has 2 aromatic carbocycles. The molecule has 0 aliphatic heterocycles. The maximum absolute atomic E-state index is 12.5. The van der Waals surface area contributed by atoms with E-state index < -0.39 is 5.91 Å². The fourth-order valence-electron chi connectivity index (χ4n) is 2.24. The highest BCUT2D eigenvalue weighted by atomic mass is 35.5. The van der Waals surface area contributed by atoms with E-state index in [1.807, 2.05) is 24.3 Å². The molecule has 0 saturated heterocycles. The van der Waals surface area contributed by atoms with Gasteiger partial charge in [0.1, 0.15) is 11.5 Å². The van der Waals surface area contributed by atoms with E-state index >= 15 is 0 Å². The SMILES string of the molecule is COc1cc(NC(=O)c2cc3ccccc3nn2)c(OC)cc1Cl. The van der Waals surface area contributed by atoms with Crippen LogP contribution in [0, 0.1) is 0 Å². The second-order valence-corrected chi connectivity index (χ2v) is 5.34. The number of rotatable bonds is 4. The summed E-state index contributed by atoms with van der Waals surface area (Å²) in [5.41, 5.74) is 1.35. The van der Waals surface area contributed by atoms with Crippen LogP contribution in [0.3, 0.4) is 0 Å². The molecule has 1 heterocycles. The summed E-state index contributed by atoms with van der Waals surface area (Å²) in [5, 5.41) is 12.0. The highest BCUT2D eigenvalue weighted by Crippen LogP contribution is 2.36. The fourth-order valence-corrected chi connectivity index (χ4v) is 2.47. The first kappa shape index (κ1) is 16.0. The van der Waals surface area contributed by atoms with Gasteiger partial charge < -0.3 is 14.8 Å². The largest absolute Gasteiger partial charge is 0.495 e. The molecule has 0 unspecified atom stereocenters. The van der Waals surface area contributed by atoms with Crippen molar-refractivity contribution >= 4 is 34.1 Å². The average Bonchev–Trinajstić information content (AvgIpc) is 2.62. The number of nitrogens with zero attached hydrogens (tertiary/aromatic N) is 2. The molecule has 1 N–H and O–H groups in total. The minimum Gasteiger partial charge on any atom is -0.495 e. The Morgan fingerprint density at radius 1 is 1.04 bits per heavy atom. The predicted octanol–water partition coefficient (Wildman–Crippen LogP) is 3.55. The zero-order valence-electron chi connectivity index (χ0n) is 13.0. The number of carbonyl (C=O) groups excluding carboxylic acids is 1. The Labute approximate surface area is 143 Å². The van der Waals surface area contributed by atoms with Gasteiger partial charge in [0, 0.05) is 17.5 Å². The van der Waals surface area contributed by atoms with E-state index in [2.05, 4.69) is 15.5 Å². The van der Waals surface area contributed by atoms with Gasteiger partial charge in [-0.2, -0.15) is 0 Å². The van der Waals surface area contributed by atoms with E-state index in [-0.39, 0.29) is 5.69 Å². The summed E-state index contributed by atoms with van der Waals surface area (Å²) in [4.78, 5) is 12.5. The van der Waals surface area contributed by atoms with Gasteiger partial charge in [0.15, 0.2) is 5.69 Å². The minimum absolute atomic E-state index is 0.199. The molecule has 24 heavy (non-hydrogen) atoms. The molecule has 0 aliphatic carbocycles. The summed E-state index contributed by atoms with van der Waals surface area (Å²) in [6.07, 6.45) is 0. The van der Waals surface area contributed by atoms with E-state index in [4.69, 9.17) is 21.1 Å². The van der Waals surface area contributed by atoms with Crippen LogP contribution in [0.25, 0.3) is 10.9 Å². The maximum Gasteiger partial charge on any atom is 0.276 e. The Balaban J connectivity index is 1.93. The van der Waals surface area contributed by atoms with Crippen LogP contribution >= 0.6 is 11.6 Å². The zero-order chi connectivity index (χ0) is 17.1. The summed E-state index contributed by atoms with van der Waals surface area (Å²) >= 11 is 6.06. The van der Waals surface area contributed by atoms with E-state index in [9.17, 15) is 4.79 Å². The molecule has 1 aromatic heterocycles. The second kappa shape index (κ2) is 6.72. The molecular formula is C17H14ClN3O3. The van der Waals surface area contributed by atoms with Crippen molar-refractivity contribution in [2.45, 2.75) is 0 Å². The summed E-state index contributed by atoms with van der Waals surface area (Å²) in [5.74, 6) is 0.441. The first-order valence-electron chi connectivity index (χ1n) is 7.07. The molecule has 1 amide bonds. The number of carbonyl (C=O) groups is 1. The van der Waals surface area contributed by atoms with Crippen molar-refractivity contribution in [1.29, 1.82) is 0 Å². The molecular weight excluding hydrogens is 330 g/mol. The number of amides is 1. The Kier molecular flexibility index (Phi) is 4.48. The highest BCUT2D eigenvalue weighted by Gasteiger charge is 2.15. The number of fused-ring (bicyclic) bond motifs is 1. The molecule has 0 aliphatic rings. The first-order valence-corrected chi connectivity index (χ1v) is 7.45. The van der Waals surface area contributed by atoms with Crippen LogP contribution in [0.1, 0.15) is 10.5 Å². The topological polar surface area (TPSA) is 73.3 Å². The molecule has 122 valence electrons. The van der Waals surface area contributed by atoms with E-state index in [1.165, 1.54) is 14.2 Å². The monoisotopic (exact) mass is 343 g/mol. The van der Waals surface area contributed by atoms with Crippen LogP contribution in [0.5, 0.6) is 11.5 Å². The number of anilines is 1. The molecule has 7 heteroatoms. The molecule has 6 nitrogen and oxygen atoms in total. The third-order valence-electron chi connectivity index (χ3n) is 3.45. The van der Waals surface area contributed by atoms with Crippen LogP contribution in [-0.4, -0.2) is 30.3 Å². The van der Waals surface area contributed by atoms with E-state index in [0.717, 1.165) is 10.9 Å². The van der Waals surface area contributed by atoms with Gasteiger partial charge in [-0.25, -0.2) is 0 Å². The van der Waals surface area contributed by atoms with Gasteiger partial charge in [-0.05, 0) is 12.1 Å². The van der Waals surface area contributed by atoms with Crippen molar-refractivity contribution in [3.63, 3.8) is 0 Å². The molecule has 0 bridgehead atoms. The van der Waals surface area contributed by atoms with Crippen LogP contribution in [-0.2, 0) is 0 Å². The minimum atomic E-state index is -0.407. The smallest absolute Gasteiger partial charge is 0.276 e. The van der Waals surface area contributed by atoms with Crippen LogP contribution in [0.15, 0.2) is 42.5 Å². The van der Waals surface area contributed by atoms with Crippen molar-refractivity contribution in [2.24, 2.45) is 0 Å². The number of hydrogen-bond acceptors (Lipinski definition) is 5. The maximum atomic E-state index is 12.5. The summed E-state index contributed by atoms with van der Waals surface area (Å²) in [7, 11) is 2.98. The standard InChI is InChI=1S/C17H14ClN3O3/c1-23-15-9-13(16(24-2)8-11(15)18)19-17(22)14-7-10-5-3-4-6-12(10)20-21-14/h3-9H,1-2H3,(H,19,22). The van der Waals surface area contributed by atoms with Crippen molar-refractivity contribution in [3.8, 4) is 11.5 Å². The van der Waals surface area contributed by atoms with Gasteiger partial charge in [-0.3, -0.25) is 4.79 Å². The van der Waals surface area contributed by atoms with Crippen molar-refractivity contribution in [2.75, 3.05) is 19.5 Å². The Hall–Kier alpha value is -2.86. The molecule has 0 spiro atoms. The number of methoxy groups -OCH3 is 2. The van der Waals surface area contributed by atoms with E-state index in [1.54, 1.807) is 18.2 Å². The number of nitrogens with one attached hydrogen (secondary N) is 1. The van der Waals surface area contributed by atoms with Crippen molar-refractivity contribution in [3.05, 3.63) is 53.2 Å². The van der Waals surface area contributed by atoms with Gasteiger partial charge in [0.25, 0.3) is 5.91 Å². The lowest BCUT2D eigenvalue weighted by Crippen LogP contribution is -2.15. The number of aromatic nitrogens is 2. The van der Waals surface area contributed by atoms with Gasteiger partial charge in [-0.1, -0.05) is 29.8 Å². The predicted molar refractivity (Wildman–Crippen MR) is 92.0 cm³/mol. The lowest BCUT2D eigenvalue weighted by molar-refractivity contribution is 0.102. The fraction of sp³-hybridized carbons (Fsp3) is 0.118. The average molecular weight is 344 g/mol. The summed E-state index contributed by atoms with van der Waals surface area (Å²) < 4.78 is 10.4. The number of halogens is 1. The van der Waals surface area contributed by atoms with Gasteiger partial charge in [-0.15, -0.1) is 10.2 Å². The molecule has 0 saturated carbocycles. The molecule has 3 aromatic rings. The van der Waals surface area contributed by atoms with Gasteiger partial charge >= 0.3 is 0 Å². The van der Waals surface area contributed by atoms with Crippen molar-refractivity contribution in [1.82, 2.24) is 10.2 Å². The molecule has 0 atom stereocenters. The van der Waals surface area contributed by atoms with E-state index in [0.29, 0.717) is 22.2 Å². The lowest BCUT2D eigenvalue weighted by Gasteiger charge is -2.13. The number of hydrogen-bond donors (Lipinski definition) is 1. The summed E-state index contributed by atoms with van der Waals surface area (Å²) in [6.45, 7) is 0. The van der Waals surface area contributed by atoms with Crippen molar-refractivity contribution < 1.29 is 14.3 Å². The van der Waals surface area contributed by atoms with Crippen LogP contribution in [0.4, 0.5) is 5.69 Å². The quantitative estimate of drug-likeness (QED) is 0.784. The first-order chi connectivity index (χ1) is 11.6. The number of ether oxygens (including phenoxy) is 2. The molecule has 0 radical (unpaired) electrons. The third kappa shape index (κ3) is 3.09. The third-order valence-corrected chi connectivity index (χ3v) is 3.74. The molecule has 3 rings (SSSR count). The Bertz CT molecular complexity index is 915. The number of benzene rings is 2. The van der Waals surface area contributed by atoms with Gasteiger partial charge in [0.2, 0.25) is 0 Å². The lowest BCUT2D eigenvalue weighted by atomic mass is 10.2. The molecule has 0 fully saturated rings. The highest BCUT2D eigenvalue weighted by molar-refractivity contribution is 6.32. The Morgan fingerprint density at radius 3 is 2.54 bits per heavy atom. The normalized spacial score (nSPS) is 10.5. The van der Waals surface area contributed by atoms with Crippen LogP contribution in [0.2, 0.25) is 5.02 Å². The Morgan fingerprint density at radius 2 is 1.79 bits per heavy atom. The van der Waals surface area contributed by atoms with Gasteiger partial charge in [0.05, 0.1) is 30.4 Å².